The average molecular weight is 292 g/mol. The Kier molecular flexibility index (Phi) is 11.4. The maximum absolute atomic E-state index is 11.4. The molecule has 0 saturated carbocycles. The Bertz CT molecular complexity index is 171. The molecule has 0 spiro atoms. The zero-order valence-electron chi connectivity index (χ0n) is 10.7. The van der Waals surface area contributed by atoms with Crippen LogP contribution in [0.4, 0.5) is 0 Å². The van der Waals surface area contributed by atoms with Crippen molar-refractivity contribution in [2.45, 2.75) is 70.0 Å². The SMILES string of the molecule is CCCCCCCCCC(=O)NCC(C)Br. The molecule has 3 heteroatoms. The lowest BCUT2D eigenvalue weighted by Gasteiger charge is -2.06. The summed E-state index contributed by atoms with van der Waals surface area (Å²) in [4.78, 5) is 11.7. The number of nitrogens with one attached hydrogen (secondary N) is 1. The van der Waals surface area contributed by atoms with E-state index in [-0.39, 0.29) is 5.91 Å². The largest absolute Gasteiger partial charge is 0.355 e. The molecule has 0 aromatic rings. The number of unbranched alkanes of at least 4 members (excludes halogenated alkanes) is 6. The number of halogens is 1. The molecule has 96 valence electrons. The van der Waals surface area contributed by atoms with Crippen LogP contribution in [0.1, 0.15) is 65.2 Å². The van der Waals surface area contributed by atoms with E-state index in [1.165, 1.54) is 38.5 Å². The molecule has 1 N–H and O–H groups in total. The van der Waals surface area contributed by atoms with Crippen LogP contribution in [0, 0.1) is 0 Å². The van der Waals surface area contributed by atoms with Crippen LogP contribution >= 0.6 is 15.9 Å². The molecule has 0 fully saturated rings. The van der Waals surface area contributed by atoms with Crippen LogP contribution in [0.2, 0.25) is 0 Å². The van der Waals surface area contributed by atoms with E-state index < -0.39 is 0 Å². The third kappa shape index (κ3) is 12.0. The van der Waals surface area contributed by atoms with Crippen molar-refractivity contribution in [1.82, 2.24) is 5.32 Å². The molecule has 0 saturated heterocycles. The first-order chi connectivity index (χ1) is 7.66. The van der Waals surface area contributed by atoms with Crippen molar-refractivity contribution in [2.24, 2.45) is 0 Å². The average Bonchev–Trinajstić information content (AvgIpc) is 2.25. The van der Waals surface area contributed by atoms with Crippen molar-refractivity contribution < 1.29 is 4.79 Å². The predicted molar refractivity (Wildman–Crippen MR) is 74.0 cm³/mol. The molecule has 2 nitrogen and oxygen atoms in total. The van der Waals surface area contributed by atoms with Crippen molar-refractivity contribution >= 4 is 21.8 Å². The minimum atomic E-state index is 0.194. The topological polar surface area (TPSA) is 29.1 Å². The van der Waals surface area contributed by atoms with Gasteiger partial charge in [0.05, 0.1) is 0 Å². The summed E-state index contributed by atoms with van der Waals surface area (Å²) in [6.45, 7) is 5.00. The third-order valence-corrected chi connectivity index (χ3v) is 2.91. The summed E-state index contributed by atoms with van der Waals surface area (Å²) in [6, 6.07) is 0. The summed E-state index contributed by atoms with van der Waals surface area (Å²) in [5.74, 6) is 0.194. The highest BCUT2D eigenvalue weighted by atomic mass is 79.9. The van der Waals surface area contributed by atoms with E-state index in [0.717, 1.165) is 13.0 Å². The van der Waals surface area contributed by atoms with Crippen molar-refractivity contribution in [1.29, 1.82) is 0 Å². The molecule has 1 amide bonds. The van der Waals surface area contributed by atoms with Gasteiger partial charge >= 0.3 is 0 Å². The second kappa shape index (κ2) is 11.4. The Morgan fingerprint density at radius 3 is 2.25 bits per heavy atom. The minimum absolute atomic E-state index is 0.194. The molecule has 0 aliphatic rings. The van der Waals surface area contributed by atoms with Gasteiger partial charge in [-0.3, -0.25) is 4.79 Å². The van der Waals surface area contributed by atoms with Crippen LogP contribution in [0.15, 0.2) is 0 Å². The van der Waals surface area contributed by atoms with Crippen LogP contribution < -0.4 is 5.32 Å². The Morgan fingerprint density at radius 1 is 1.12 bits per heavy atom. The van der Waals surface area contributed by atoms with Crippen LogP contribution in [-0.2, 0) is 4.79 Å². The van der Waals surface area contributed by atoms with Crippen LogP contribution in [0.5, 0.6) is 0 Å². The smallest absolute Gasteiger partial charge is 0.220 e. The molecule has 0 aromatic heterocycles. The number of carbonyl (C=O) groups excluding carboxylic acids is 1. The van der Waals surface area contributed by atoms with Crippen molar-refractivity contribution in [3.63, 3.8) is 0 Å². The number of carbonyl (C=O) groups is 1. The maximum Gasteiger partial charge on any atom is 0.220 e. The summed E-state index contributed by atoms with van der Waals surface area (Å²) in [5, 5.41) is 2.91. The number of rotatable bonds is 10. The van der Waals surface area contributed by atoms with Gasteiger partial charge in [0.1, 0.15) is 0 Å². The molecule has 0 aliphatic heterocycles. The third-order valence-electron chi connectivity index (χ3n) is 2.59. The number of amides is 1. The lowest BCUT2D eigenvalue weighted by Crippen LogP contribution is -2.27. The first-order valence-corrected chi connectivity index (χ1v) is 7.49. The lowest BCUT2D eigenvalue weighted by atomic mass is 10.1. The van der Waals surface area contributed by atoms with Crippen LogP contribution in [0.25, 0.3) is 0 Å². The molecule has 0 bridgehead atoms. The van der Waals surface area contributed by atoms with E-state index in [1.54, 1.807) is 0 Å². The van der Waals surface area contributed by atoms with Gasteiger partial charge in [-0.25, -0.2) is 0 Å². The number of hydrogen-bond donors (Lipinski definition) is 1. The van der Waals surface area contributed by atoms with Gasteiger partial charge in [-0.1, -0.05) is 68.3 Å². The summed E-state index contributed by atoms with van der Waals surface area (Å²) in [6.07, 6.45) is 9.53. The van der Waals surface area contributed by atoms with E-state index in [0.29, 0.717) is 11.2 Å². The van der Waals surface area contributed by atoms with Gasteiger partial charge < -0.3 is 5.32 Å². The Balaban J connectivity index is 3.15. The van der Waals surface area contributed by atoms with E-state index in [2.05, 4.69) is 28.2 Å². The van der Waals surface area contributed by atoms with Crippen molar-refractivity contribution in [3.8, 4) is 0 Å². The predicted octanol–water partition coefficient (Wildman–Crippen LogP) is 4.03. The highest BCUT2D eigenvalue weighted by Gasteiger charge is 2.02. The highest BCUT2D eigenvalue weighted by molar-refractivity contribution is 9.09. The van der Waals surface area contributed by atoms with Gasteiger partial charge in [-0.05, 0) is 6.42 Å². The first kappa shape index (κ1) is 16.0. The Labute approximate surface area is 109 Å². The van der Waals surface area contributed by atoms with Gasteiger partial charge in [0.25, 0.3) is 0 Å². The molecule has 16 heavy (non-hydrogen) atoms. The Morgan fingerprint density at radius 2 is 1.69 bits per heavy atom. The second-order valence-electron chi connectivity index (χ2n) is 4.46. The normalized spacial score (nSPS) is 12.4. The zero-order chi connectivity index (χ0) is 12.2. The molecule has 0 aromatic carbocycles. The molecule has 0 aliphatic carbocycles. The van der Waals surface area contributed by atoms with E-state index in [9.17, 15) is 4.79 Å². The zero-order valence-corrected chi connectivity index (χ0v) is 12.3. The minimum Gasteiger partial charge on any atom is -0.355 e. The van der Waals surface area contributed by atoms with Crippen molar-refractivity contribution in [3.05, 3.63) is 0 Å². The first-order valence-electron chi connectivity index (χ1n) is 6.57. The van der Waals surface area contributed by atoms with Gasteiger partial charge in [0.15, 0.2) is 0 Å². The standard InChI is InChI=1S/C13H26BrNO/c1-3-4-5-6-7-8-9-10-13(16)15-11-12(2)14/h12H,3-11H2,1-2H3,(H,15,16). The molecular formula is C13H26BrNO. The number of alkyl halides is 1. The van der Waals surface area contributed by atoms with Gasteiger partial charge in [0, 0.05) is 17.8 Å². The van der Waals surface area contributed by atoms with Gasteiger partial charge in [-0.2, -0.15) is 0 Å². The summed E-state index contributed by atoms with van der Waals surface area (Å²) in [7, 11) is 0. The summed E-state index contributed by atoms with van der Waals surface area (Å²) >= 11 is 3.41. The fourth-order valence-electron chi connectivity index (χ4n) is 1.59. The molecule has 0 heterocycles. The number of hydrogen-bond acceptors (Lipinski definition) is 1. The summed E-state index contributed by atoms with van der Waals surface area (Å²) < 4.78 is 0. The maximum atomic E-state index is 11.4. The van der Waals surface area contributed by atoms with E-state index >= 15 is 0 Å². The molecule has 1 unspecified atom stereocenters. The highest BCUT2D eigenvalue weighted by Crippen LogP contribution is 2.08. The van der Waals surface area contributed by atoms with Crippen LogP contribution in [0.3, 0.4) is 0 Å². The fourth-order valence-corrected chi connectivity index (χ4v) is 1.75. The van der Waals surface area contributed by atoms with Crippen molar-refractivity contribution in [2.75, 3.05) is 6.54 Å². The fraction of sp³-hybridized carbons (Fsp3) is 0.923. The second-order valence-corrected chi connectivity index (χ2v) is 6.02. The lowest BCUT2D eigenvalue weighted by molar-refractivity contribution is -0.121. The molecule has 0 radical (unpaired) electrons. The van der Waals surface area contributed by atoms with Gasteiger partial charge in [-0.15, -0.1) is 0 Å². The van der Waals surface area contributed by atoms with Gasteiger partial charge in [0.2, 0.25) is 5.91 Å². The molecule has 1 atom stereocenters. The van der Waals surface area contributed by atoms with E-state index in [1.807, 2.05) is 6.92 Å². The quantitative estimate of drug-likeness (QED) is 0.478. The van der Waals surface area contributed by atoms with E-state index in [4.69, 9.17) is 0 Å². The Hall–Kier alpha value is -0.0500. The molecule has 0 rings (SSSR count). The monoisotopic (exact) mass is 291 g/mol. The summed E-state index contributed by atoms with van der Waals surface area (Å²) in [5.41, 5.74) is 0. The molecular weight excluding hydrogens is 266 g/mol. The van der Waals surface area contributed by atoms with Crippen LogP contribution in [-0.4, -0.2) is 17.3 Å².